The smallest absolute Gasteiger partial charge is 0.329 e. The second-order valence-corrected chi connectivity index (χ2v) is 5.70. The number of rotatable bonds is 6. The fraction of sp³-hybridized carbons (Fsp3) is 0.150. The normalized spacial score (nSPS) is 10.4. The van der Waals surface area contributed by atoms with Gasteiger partial charge in [-0.05, 0) is 66.9 Å². The zero-order valence-electron chi connectivity index (χ0n) is 14.8. The van der Waals surface area contributed by atoms with E-state index in [1.807, 2.05) is 19.9 Å². The second-order valence-electron chi connectivity index (χ2n) is 5.70. The maximum atomic E-state index is 11.9. The maximum absolute atomic E-state index is 11.9. The molecule has 134 valence electrons. The number of anilines is 1. The van der Waals surface area contributed by atoms with E-state index in [0.29, 0.717) is 18.0 Å². The van der Waals surface area contributed by atoms with Gasteiger partial charge in [0.15, 0.2) is 0 Å². The molecule has 0 bridgehead atoms. The Kier molecular flexibility index (Phi) is 6.68. The third-order valence-corrected chi connectivity index (χ3v) is 3.31. The SMILES string of the molecule is C=CCOc1ccc(/C=N\NC(=O)C(=O)Nc2cc(C)cc(C)c2)cc1. The van der Waals surface area contributed by atoms with Crippen LogP contribution in [0.1, 0.15) is 16.7 Å². The topological polar surface area (TPSA) is 79.8 Å². The van der Waals surface area contributed by atoms with E-state index in [1.165, 1.54) is 6.21 Å². The van der Waals surface area contributed by atoms with Gasteiger partial charge >= 0.3 is 11.8 Å². The van der Waals surface area contributed by atoms with Gasteiger partial charge in [0, 0.05) is 5.69 Å². The summed E-state index contributed by atoms with van der Waals surface area (Å²) in [5.41, 5.74) is 5.53. The number of carbonyl (C=O) groups is 2. The quantitative estimate of drug-likeness (QED) is 0.363. The number of ether oxygens (including phenoxy) is 1. The standard InChI is InChI=1S/C20H21N3O3/c1-4-9-26-18-7-5-16(6-8-18)13-21-23-20(25)19(24)22-17-11-14(2)10-15(3)12-17/h4-8,10-13H,1,9H2,2-3H3,(H,22,24)(H,23,25)/b21-13-. The molecular formula is C20H21N3O3. The van der Waals surface area contributed by atoms with Gasteiger partial charge in [-0.2, -0.15) is 5.10 Å². The fourth-order valence-corrected chi connectivity index (χ4v) is 2.26. The summed E-state index contributed by atoms with van der Waals surface area (Å²) < 4.78 is 5.37. The van der Waals surface area contributed by atoms with Crippen LogP contribution in [0, 0.1) is 13.8 Å². The molecule has 0 aliphatic rings. The number of aryl methyl sites for hydroxylation is 2. The zero-order valence-corrected chi connectivity index (χ0v) is 14.8. The van der Waals surface area contributed by atoms with Crippen molar-refractivity contribution in [2.75, 3.05) is 11.9 Å². The molecule has 0 saturated heterocycles. The number of nitrogens with one attached hydrogen (secondary N) is 2. The summed E-state index contributed by atoms with van der Waals surface area (Å²) in [6, 6.07) is 12.7. The van der Waals surface area contributed by atoms with Gasteiger partial charge in [-0.3, -0.25) is 9.59 Å². The van der Waals surface area contributed by atoms with Crippen molar-refractivity contribution >= 4 is 23.7 Å². The molecule has 0 aliphatic carbocycles. The molecule has 6 nitrogen and oxygen atoms in total. The van der Waals surface area contributed by atoms with Gasteiger partial charge in [-0.15, -0.1) is 0 Å². The Hall–Kier alpha value is -3.41. The molecule has 2 amide bonds. The minimum Gasteiger partial charge on any atom is -0.490 e. The van der Waals surface area contributed by atoms with Gasteiger partial charge in [0.1, 0.15) is 12.4 Å². The van der Waals surface area contributed by atoms with Crippen molar-refractivity contribution in [1.82, 2.24) is 5.43 Å². The van der Waals surface area contributed by atoms with Gasteiger partial charge in [0.2, 0.25) is 0 Å². The van der Waals surface area contributed by atoms with Crippen LogP contribution in [0.25, 0.3) is 0 Å². The van der Waals surface area contributed by atoms with E-state index in [-0.39, 0.29) is 0 Å². The molecule has 0 saturated carbocycles. The third-order valence-electron chi connectivity index (χ3n) is 3.31. The van der Waals surface area contributed by atoms with Gasteiger partial charge in [0.05, 0.1) is 6.21 Å². The van der Waals surface area contributed by atoms with Crippen molar-refractivity contribution in [2.45, 2.75) is 13.8 Å². The molecule has 0 spiro atoms. The summed E-state index contributed by atoms with van der Waals surface area (Å²) in [5, 5.41) is 6.34. The first-order valence-electron chi connectivity index (χ1n) is 8.04. The number of benzene rings is 2. The number of hydrogen-bond acceptors (Lipinski definition) is 4. The van der Waals surface area contributed by atoms with Crippen molar-refractivity contribution in [3.63, 3.8) is 0 Å². The molecule has 0 atom stereocenters. The van der Waals surface area contributed by atoms with E-state index in [1.54, 1.807) is 42.5 Å². The molecule has 0 unspecified atom stereocenters. The van der Waals surface area contributed by atoms with Crippen molar-refractivity contribution in [3.05, 3.63) is 71.8 Å². The Morgan fingerprint density at radius 3 is 2.35 bits per heavy atom. The summed E-state index contributed by atoms with van der Waals surface area (Å²) >= 11 is 0. The average molecular weight is 351 g/mol. The van der Waals surface area contributed by atoms with Crippen LogP contribution < -0.4 is 15.5 Å². The number of nitrogens with zero attached hydrogens (tertiary/aromatic N) is 1. The van der Waals surface area contributed by atoms with Crippen LogP contribution in [0.5, 0.6) is 5.75 Å². The highest BCUT2D eigenvalue weighted by atomic mass is 16.5. The van der Waals surface area contributed by atoms with Crippen LogP contribution >= 0.6 is 0 Å². The van der Waals surface area contributed by atoms with Crippen LogP contribution in [-0.4, -0.2) is 24.6 Å². The van der Waals surface area contributed by atoms with Crippen molar-refractivity contribution in [2.24, 2.45) is 5.10 Å². The van der Waals surface area contributed by atoms with Crippen molar-refractivity contribution < 1.29 is 14.3 Å². The first kappa shape index (κ1) is 18.9. The largest absolute Gasteiger partial charge is 0.490 e. The van der Waals surface area contributed by atoms with E-state index in [2.05, 4.69) is 22.4 Å². The Morgan fingerprint density at radius 1 is 1.08 bits per heavy atom. The van der Waals surface area contributed by atoms with Crippen LogP contribution in [0.3, 0.4) is 0 Å². The molecule has 0 fully saturated rings. The summed E-state index contributed by atoms with van der Waals surface area (Å²) in [4.78, 5) is 23.7. The Balaban J connectivity index is 1.87. The molecule has 2 rings (SSSR count). The predicted octanol–water partition coefficient (Wildman–Crippen LogP) is 2.96. The first-order chi connectivity index (χ1) is 12.5. The molecule has 2 aromatic rings. The Labute approximate surface area is 152 Å². The monoisotopic (exact) mass is 351 g/mol. The van der Waals surface area contributed by atoms with Gasteiger partial charge in [-0.25, -0.2) is 5.43 Å². The highest BCUT2D eigenvalue weighted by Crippen LogP contribution is 2.13. The van der Waals surface area contributed by atoms with Gasteiger partial charge in [0.25, 0.3) is 0 Å². The predicted molar refractivity (Wildman–Crippen MR) is 102 cm³/mol. The third kappa shape index (κ3) is 5.90. The highest BCUT2D eigenvalue weighted by molar-refractivity contribution is 6.39. The van der Waals surface area contributed by atoms with Gasteiger partial charge < -0.3 is 10.1 Å². The molecule has 2 N–H and O–H groups in total. The van der Waals surface area contributed by atoms with Crippen molar-refractivity contribution in [1.29, 1.82) is 0 Å². The van der Waals surface area contributed by atoms with Crippen molar-refractivity contribution in [3.8, 4) is 5.75 Å². The fourth-order valence-electron chi connectivity index (χ4n) is 2.26. The number of amides is 2. The highest BCUT2D eigenvalue weighted by Gasteiger charge is 2.13. The van der Waals surface area contributed by atoms with E-state index in [4.69, 9.17) is 4.74 Å². The minimum absolute atomic E-state index is 0.430. The average Bonchev–Trinajstić information content (AvgIpc) is 2.60. The first-order valence-corrected chi connectivity index (χ1v) is 8.04. The zero-order chi connectivity index (χ0) is 18.9. The Morgan fingerprint density at radius 2 is 1.73 bits per heavy atom. The number of carbonyl (C=O) groups excluding carboxylic acids is 2. The van der Waals surface area contributed by atoms with Crippen LogP contribution in [-0.2, 0) is 9.59 Å². The summed E-state index contributed by atoms with van der Waals surface area (Å²) in [7, 11) is 0. The molecule has 0 heterocycles. The van der Waals surface area contributed by atoms with E-state index in [0.717, 1.165) is 16.7 Å². The minimum atomic E-state index is -0.841. The van der Waals surface area contributed by atoms with Crippen LogP contribution in [0.4, 0.5) is 5.69 Å². The Bertz CT molecular complexity index is 806. The number of hydrogen-bond donors (Lipinski definition) is 2. The molecule has 0 aliphatic heterocycles. The second kappa shape index (κ2) is 9.17. The molecule has 0 radical (unpaired) electrons. The van der Waals surface area contributed by atoms with Gasteiger partial charge in [-0.1, -0.05) is 18.7 Å². The van der Waals surface area contributed by atoms with Crippen LogP contribution in [0.2, 0.25) is 0 Å². The molecule has 6 heteroatoms. The number of hydrazone groups is 1. The van der Waals surface area contributed by atoms with E-state index in [9.17, 15) is 9.59 Å². The van der Waals surface area contributed by atoms with Crippen LogP contribution in [0.15, 0.2) is 60.2 Å². The molecule has 0 aromatic heterocycles. The molecule has 26 heavy (non-hydrogen) atoms. The lowest BCUT2D eigenvalue weighted by Gasteiger charge is -2.06. The van der Waals surface area contributed by atoms with E-state index >= 15 is 0 Å². The maximum Gasteiger partial charge on any atom is 0.329 e. The summed E-state index contributed by atoms with van der Waals surface area (Å²) in [6.45, 7) is 7.84. The summed E-state index contributed by atoms with van der Waals surface area (Å²) in [5.74, 6) is -0.911. The lowest BCUT2D eigenvalue weighted by atomic mass is 10.1. The van der Waals surface area contributed by atoms with E-state index < -0.39 is 11.8 Å². The molecular weight excluding hydrogens is 330 g/mol. The summed E-state index contributed by atoms with van der Waals surface area (Å²) in [6.07, 6.45) is 3.10. The lowest BCUT2D eigenvalue weighted by molar-refractivity contribution is -0.136. The molecule has 2 aromatic carbocycles. The lowest BCUT2D eigenvalue weighted by Crippen LogP contribution is -2.32.